The summed E-state index contributed by atoms with van der Waals surface area (Å²) in [5.41, 5.74) is 9.91. The zero-order chi connectivity index (χ0) is 13.1. The second kappa shape index (κ2) is 5.32. The van der Waals surface area contributed by atoms with Gasteiger partial charge < -0.3 is 10.5 Å². The van der Waals surface area contributed by atoms with E-state index in [9.17, 15) is 0 Å². The van der Waals surface area contributed by atoms with E-state index in [4.69, 9.17) is 22.1 Å². The van der Waals surface area contributed by atoms with Crippen molar-refractivity contribution in [3.63, 3.8) is 0 Å². The van der Waals surface area contributed by atoms with Gasteiger partial charge in [-0.3, -0.25) is 0 Å². The molecule has 0 radical (unpaired) electrons. The largest absolute Gasteiger partial charge is 0.489 e. The van der Waals surface area contributed by atoms with E-state index in [1.165, 1.54) is 0 Å². The Hall–Kier alpha value is -1.67. The molecule has 0 heterocycles. The number of hydrogen-bond acceptors (Lipinski definition) is 2. The number of anilines is 1. The van der Waals surface area contributed by atoms with Gasteiger partial charge in [0.1, 0.15) is 12.4 Å². The minimum absolute atomic E-state index is 0.528. The molecular weight excluding hydrogens is 246 g/mol. The summed E-state index contributed by atoms with van der Waals surface area (Å²) in [6.45, 7) is 4.49. The van der Waals surface area contributed by atoms with Crippen LogP contribution in [-0.2, 0) is 6.61 Å². The lowest BCUT2D eigenvalue weighted by Gasteiger charge is -2.10. The van der Waals surface area contributed by atoms with Crippen LogP contribution >= 0.6 is 11.6 Å². The molecule has 0 amide bonds. The second-order valence-corrected chi connectivity index (χ2v) is 4.82. The molecule has 2 rings (SSSR count). The van der Waals surface area contributed by atoms with Gasteiger partial charge in [0.2, 0.25) is 0 Å². The molecule has 0 aromatic heterocycles. The molecule has 94 valence electrons. The van der Waals surface area contributed by atoms with Crippen molar-refractivity contribution in [2.24, 2.45) is 0 Å². The molecule has 0 aliphatic heterocycles. The van der Waals surface area contributed by atoms with Gasteiger partial charge in [0, 0.05) is 10.7 Å². The van der Waals surface area contributed by atoms with Crippen LogP contribution in [0.4, 0.5) is 5.69 Å². The van der Waals surface area contributed by atoms with Crippen molar-refractivity contribution in [1.82, 2.24) is 0 Å². The summed E-state index contributed by atoms with van der Waals surface area (Å²) in [6.07, 6.45) is 0. The van der Waals surface area contributed by atoms with Crippen molar-refractivity contribution >= 4 is 17.3 Å². The SMILES string of the molecule is Cc1cc(OCc2ccc(Cl)cc2)cc(C)c1N. The average molecular weight is 262 g/mol. The number of ether oxygens (including phenoxy) is 1. The highest BCUT2D eigenvalue weighted by atomic mass is 35.5. The lowest BCUT2D eigenvalue weighted by atomic mass is 10.1. The predicted molar refractivity (Wildman–Crippen MR) is 76.1 cm³/mol. The minimum atomic E-state index is 0.528. The van der Waals surface area contributed by atoms with Gasteiger partial charge in [-0.25, -0.2) is 0 Å². The molecule has 18 heavy (non-hydrogen) atoms. The highest BCUT2D eigenvalue weighted by molar-refractivity contribution is 6.30. The summed E-state index contributed by atoms with van der Waals surface area (Å²) < 4.78 is 5.75. The number of halogens is 1. The van der Waals surface area contributed by atoms with Crippen LogP contribution in [-0.4, -0.2) is 0 Å². The van der Waals surface area contributed by atoms with Crippen LogP contribution < -0.4 is 10.5 Å². The van der Waals surface area contributed by atoms with Gasteiger partial charge in [0.15, 0.2) is 0 Å². The van der Waals surface area contributed by atoms with Crippen molar-refractivity contribution in [2.45, 2.75) is 20.5 Å². The summed E-state index contributed by atoms with van der Waals surface area (Å²) >= 11 is 5.83. The first-order chi connectivity index (χ1) is 8.56. The number of aryl methyl sites for hydroxylation is 2. The van der Waals surface area contributed by atoms with Crippen LogP contribution in [0.25, 0.3) is 0 Å². The molecule has 0 saturated heterocycles. The van der Waals surface area contributed by atoms with E-state index in [0.717, 1.165) is 33.1 Å². The number of nitrogen functional groups attached to an aromatic ring is 1. The first kappa shape index (κ1) is 12.8. The van der Waals surface area contributed by atoms with E-state index in [1.54, 1.807) is 0 Å². The van der Waals surface area contributed by atoms with Crippen LogP contribution in [0.2, 0.25) is 5.02 Å². The van der Waals surface area contributed by atoms with Crippen LogP contribution in [0.5, 0.6) is 5.75 Å². The second-order valence-electron chi connectivity index (χ2n) is 4.39. The average Bonchev–Trinajstić information content (AvgIpc) is 2.35. The fourth-order valence-corrected chi connectivity index (χ4v) is 1.89. The van der Waals surface area contributed by atoms with Gasteiger partial charge in [0.05, 0.1) is 0 Å². The summed E-state index contributed by atoms with van der Waals surface area (Å²) in [6, 6.07) is 11.6. The maximum absolute atomic E-state index is 5.90. The van der Waals surface area contributed by atoms with E-state index in [2.05, 4.69) is 0 Å². The Labute approximate surface area is 112 Å². The number of nitrogens with two attached hydrogens (primary N) is 1. The lowest BCUT2D eigenvalue weighted by Crippen LogP contribution is -1.98. The zero-order valence-corrected chi connectivity index (χ0v) is 11.3. The van der Waals surface area contributed by atoms with E-state index in [0.29, 0.717) is 6.61 Å². The third kappa shape index (κ3) is 2.96. The molecule has 2 nitrogen and oxygen atoms in total. The van der Waals surface area contributed by atoms with E-state index in [-0.39, 0.29) is 0 Å². The van der Waals surface area contributed by atoms with Crippen molar-refractivity contribution in [3.05, 3.63) is 58.1 Å². The Kier molecular flexibility index (Phi) is 3.78. The van der Waals surface area contributed by atoms with Crippen molar-refractivity contribution in [1.29, 1.82) is 0 Å². The Bertz CT molecular complexity index is 526. The molecule has 0 atom stereocenters. The molecule has 0 aliphatic rings. The Morgan fingerprint density at radius 1 is 1.06 bits per heavy atom. The third-order valence-corrected chi connectivity index (χ3v) is 3.14. The molecule has 0 spiro atoms. The Morgan fingerprint density at radius 3 is 2.17 bits per heavy atom. The zero-order valence-electron chi connectivity index (χ0n) is 10.5. The van der Waals surface area contributed by atoms with Crippen LogP contribution in [0.1, 0.15) is 16.7 Å². The standard InChI is InChI=1S/C15H16ClNO/c1-10-7-14(8-11(2)15(10)17)18-9-12-3-5-13(16)6-4-12/h3-8H,9,17H2,1-2H3. The first-order valence-electron chi connectivity index (χ1n) is 5.80. The van der Waals surface area contributed by atoms with E-state index >= 15 is 0 Å². The topological polar surface area (TPSA) is 35.2 Å². The highest BCUT2D eigenvalue weighted by Gasteiger charge is 2.03. The fourth-order valence-electron chi connectivity index (χ4n) is 1.77. The quantitative estimate of drug-likeness (QED) is 0.844. The van der Waals surface area contributed by atoms with Gasteiger partial charge in [0.25, 0.3) is 0 Å². The van der Waals surface area contributed by atoms with E-state index in [1.807, 2.05) is 50.2 Å². The normalized spacial score (nSPS) is 10.4. The summed E-state index contributed by atoms with van der Waals surface area (Å²) in [4.78, 5) is 0. The van der Waals surface area contributed by atoms with Crippen LogP contribution in [0.15, 0.2) is 36.4 Å². The molecule has 0 fully saturated rings. The third-order valence-electron chi connectivity index (χ3n) is 2.89. The molecule has 0 unspecified atom stereocenters. The van der Waals surface area contributed by atoms with Crippen molar-refractivity contribution in [3.8, 4) is 5.75 Å². The first-order valence-corrected chi connectivity index (χ1v) is 6.18. The summed E-state index contributed by atoms with van der Waals surface area (Å²) in [5, 5.41) is 0.734. The molecule has 2 aromatic rings. The minimum Gasteiger partial charge on any atom is -0.489 e. The number of rotatable bonds is 3. The molecular formula is C15H16ClNO. The van der Waals surface area contributed by atoms with Gasteiger partial charge >= 0.3 is 0 Å². The van der Waals surface area contributed by atoms with Gasteiger partial charge in [-0.05, 0) is 54.8 Å². The maximum Gasteiger partial charge on any atom is 0.120 e. The summed E-state index contributed by atoms with van der Waals surface area (Å²) in [7, 11) is 0. The predicted octanol–water partition coefficient (Wildman–Crippen LogP) is 4.12. The van der Waals surface area contributed by atoms with Gasteiger partial charge in [-0.15, -0.1) is 0 Å². The molecule has 2 aromatic carbocycles. The molecule has 0 aliphatic carbocycles. The van der Waals surface area contributed by atoms with Crippen molar-refractivity contribution < 1.29 is 4.74 Å². The summed E-state index contributed by atoms with van der Waals surface area (Å²) in [5.74, 6) is 0.842. The smallest absolute Gasteiger partial charge is 0.120 e. The van der Waals surface area contributed by atoms with Crippen LogP contribution in [0, 0.1) is 13.8 Å². The van der Waals surface area contributed by atoms with Crippen LogP contribution in [0.3, 0.4) is 0 Å². The molecule has 0 saturated carbocycles. The Balaban J connectivity index is 2.08. The molecule has 2 N–H and O–H groups in total. The fraction of sp³-hybridized carbons (Fsp3) is 0.200. The highest BCUT2D eigenvalue weighted by Crippen LogP contribution is 2.24. The van der Waals surface area contributed by atoms with Gasteiger partial charge in [-0.1, -0.05) is 23.7 Å². The van der Waals surface area contributed by atoms with Crippen molar-refractivity contribution in [2.75, 3.05) is 5.73 Å². The maximum atomic E-state index is 5.90. The molecule has 3 heteroatoms. The van der Waals surface area contributed by atoms with E-state index < -0.39 is 0 Å². The number of benzene rings is 2. The number of hydrogen-bond donors (Lipinski definition) is 1. The Morgan fingerprint density at radius 2 is 1.61 bits per heavy atom. The lowest BCUT2D eigenvalue weighted by molar-refractivity contribution is 0.306. The van der Waals surface area contributed by atoms with Gasteiger partial charge in [-0.2, -0.15) is 0 Å². The monoisotopic (exact) mass is 261 g/mol. The molecule has 0 bridgehead atoms.